The van der Waals surface area contributed by atoms with Crippen molar-refractivity contribution >= 4 is 10.9 Å². The zero-order valence-electron chi connectivity index (χ0n) is 9.11. The van der Waals surface area contributed by atoms with Gasteiger partial charge in [0.1, 0.15) is 5.82 Å². The predicted octanol–water partition coefficient (Wildman–Crippen LogP) is 1.95. The first-order chi connectivity index (χ1) is 7.52. The van der Waals surface area contributed by atoms with E-state index in [1.165, 1.54) is 13.0 Å². The summed E-state index contributed by atoms with van der Waals surface area (Å²) in [5, 5.41) is 19.6. The summed E-state index contributed by atoms with van der Waals surface area (Å²) in [4.78, 5) is 0. The summed E-state index contributed by atoms with van der Waals surface area (Å²) in [6.07, 6.45) is 0.359. The topological polar surface area (TPSA) is 45.4 Å². The van der Waals surface area contributed by atoms with Gasteiger partial charge in [0.25, 0.3) is 0 Å². The van der Waals surface area contributed by atoms with Gasteiger partial charge in [-0.1, -0.05) is 0 Å². The van der Waals surface area contributed by atoms with Crippen LogP contribution in [0.15, 0.2) is 24.4 Å². The van der Waals surface area contributed by atoms with Crippen LogP contribution in [0.5, 0.6) is 0 Å². The second-order valence-electron chi connectivity index (χ2n) is 3.84. The molecule has 0 amide bonds. The van der Waals surface area contributed by atoms with Crippen molar-refractivity contribution < 1.29 is 14.6 Å². The molecule has 1 unspecified atom stereocenters. The van der Waals surface area contributed by atoms with Crippen molar-refractivity contribution in [3.63, 3.8) is 0 Å². The second-order valence-corrected chi connectivity index (χ2v) is 3.84. The van der Waals surface area contributed by atoms with Crippen molar-refractivity contribution in [1.82, 2.24) is 4.57 Å². The number of halogens is 1. The summed E-state index contributed by atoms with van der Waals surface area (Å²) in [7, 11) is 1.84. The van der Waals surface area contributed by atoms with Crippen LogP contribution in [0.25, 0.3) is 10.9 Å². The van der Waals surface area contributed by atoms with Crippen molar-refractivity contribution in [1.29, 1.82) is 0 Å². The van der Waals surface area contributed by atoms with Crippen LogP contribution in [-0.2, 0) is 7.05 Å². The SMILES string of the molecule is CC(O)[C](O)c1c(F)ccc2c1ccn2C. The lowest BCUT2D eigenvalue weighted by atomic mass is 10.0. The molecule has 1 atom stereocenters. The minimum Gasteiger partial charge on any atom is -0.390 e. The van der Waals surface area contributed by atoms with Crippen molar-refractivity contribution in [2.24, 2.45) is 7.05 Å². The molecule has 1 radical (unpaired) electrons. The molecule has 0 aliphatic rings. The Bertz CT molecular complexity index is 519. The quantitative estimate of drug-likeness (QED) is 0.815. The van der Waals surface area contributed by atoms with E-state index in [1.807, 2.05) is 11.6 Å². The molecule has 0 bridgehead atoms. The van der Waals surface area contributed by atoms with Crippen LogP contribution in [-0.4, -0.2) is 20.9 Å². The Morgan fingerprint density at radius 2 is 2.06 bits per heavy atom. The lowest BCUT2D eigenvalue weighted by Gasteiger charge is -2.14. The molecule has 0 aliphatic carbocycles. The Hall–Kier alpha value is -1.39. The fraction of sp³-hybridized carbons (Fsp3) is 0.250. The summed E-state index contributed by atoms with van der Waals surface area (Å²) < 4.78 is 15.5. The minimum atomic E-state index is -1.08. The van der Waals surface area contributed by atoms with Crippen molar-refractivity contribution in [3.05, 3.63) is 41.9 Å². The first kappa shape index (κ1) is 11.1. The molecule has 0 fully saturated rings. The average molecular weight is 222 g/mol. The molecule has 2 N–H and O–H groups in total. The van der Waals surface area contributed by atoms with E-state index in [-0.39, 0.29) is 11.7 Å². The summed E-state index contributed by atoms with van der Waals surface area (Å²) in [5.41, 5.74) is 0.886. The van der Waals surface area contributed by atoms with Crippen LogP contribution in [0.3, 0.4) is 0 Å². The minimum absolute atomic E-state index is 0.0769. The smallest absolute Gasteiger partial charge is 0.154 e. The fourth-order valence-electron chi connectivity index (χ4n) is 1.79. The van der Waals surface area contributed by atoms with Gasteiger partial charge in [-0.25, -0.2) is 4.39 Å². The zero-order valence-corrected chi connectivity index (χ0v) is 9.11. The normalized spacial score (nSPS) is 13.6. The Morgan fingerprint density at radius 1 is 1.38 bits per heavy atom. The van der Waals surface area contributed by atoms with Gasteiger partial charge in [-0.15, -0.1) is 0 Å². The van der Waals surface area contributed by atoms with Crippen LogP contribution in [0, 0.1) is 11.9 Å². The van der Waals surface area contributed by atoms with Crippen LogP contribution >= 0.6 is 0 Å². The molecule has 0 spiro atoms. The van der Waals surface area contributed by atoms with E-state index in [4.69, 9.17) is 0 Å². The van der Waals surface area contributed by atoms with Crippen molar-refractivity contribution in [3.8, 4) is 0 Å². The monoisotopic (exact) mass is 222 g/mol. The second kappa shape index (κ2) is 3.88. The summed E-state index contributed by atoms with van der Waals surface area (Å²) in [5.74, 6) is -0.530. The number of fused-ring (bicyclic) bond motifs is 1. The summed E-state index contributed by atoms with van der Waals surface area (Å²) in [6, 6.07) is 4.64. The largest absolute Gasteiger partial charge is 0.390 e. The standard InChI is InChI=1S/C12H13FNO2/c1-7(15)12(16)11-8-5-6-14(2)10(8)4-3-9(11)13/h3-7,15-16H,1-2H3. The average Bonchev–Trinajstić information content (AvgIpc) is 2.59. The molecule has 1 aromatic heterocycles. The number of aromatic nitrogens is 1. The number of nitrogens with zero attached hydrogens (tertiary/aromatic N) is 1. The van der Waals surface area contributed by atoms with Crippen LogP contribution in [0.1, 0.15) is 12.5 Å². The maximum atomic E-state index is 13.6. The number of aliphatic hydroxyl groups excluding tert-OH is 2. The molecule has 4 heteroatoms. The molecule has 0 saturated carbocycles. The van der Waals surface area contributed by atoms with Gasteiger partial charge in [-0.2, -0.15) is 0 Å². The lowest BCUT2D eigenvalue weighted by molar-refractivity contribution is 0.127. The van der Waals surface area contributed by atoms with Gasteiger partial charge in [0, 0.05) is 29.7 Å². The van der Waals surface area contributed by atoms with E-state index in [0.29, 0.717) is 5.39 Å². The highest BCUT2D eigenvalue weighted by atomic mass is 19.1. The maximum Gasteiger partial charge on any atom is 0.154 e. The van der Waals surface area contributed by atoms with E-state index in [0.717, 1.165) is 5.52 Å². The van der Waals surface area contributed by atoms with Crippen molar-refractivity contribution in [2.75, 3.05) is 0 Å². The molecule has 2 aromatic rings. The third kappa shape index (κ3) is 1.60. The number of aryl methyl sites for hydroxylation is 1. The third-order valence-electron chi connectivity index (χ3n) is 2.67. The predicted molar refractivity (Wildman–Crippen MR) is 58.8 cm³/mol. The molecule has 1 aromatic carbocycles. The highest BCUT2D eigenvalue weighted by Gasteiger charge is 2.22. The van der Waals surface area contributed by atoms with E-state index in [1.54, 1.807) is 18.3 Å². The van der Waals surface area contributed by atoms with Gasteiger partial charge in [-0.3, -0.25) is 0 Å². The van der Waals surface area contributed by atoms with E-state index in [2.05, 4.69) is 0 Å². The molecular formula is C12H13FNO2. The molecular weight excluding hydrogens is 209 g/mol. The molecule has 85 valence electrons. The van der Waals surface area contributed by atoms with E-state index in [9.17, 15) is 14.6 Å². The van der Waals surface area contributed by atoms with Crippen molar-refractivity contribution in [2.45, 2.75) is 13.0 Å². The maximum absolute atomic E-state index is 13.6. The molecule has 0 saturated heterocycles. The third-order valence-corrected chi connectivity index (χ3v) is 2.67. The number of rotatable bonds is 2. The summed E-state index contributed by atoms with van der Waals surface area (Å²) >= 11 is 0. The Kier molecular flexibility index (Phi) is 2.69. The molecule has 16 heavy (non-hydrogen) atoms. The van der Waals surface area contributed by atoms with Gasteiger partial charge in [-0.05, 0) is 25.1 Å². The molecule has 2 rings (SSSR count). The zero-order chi connectivity index (χ0) is 11.9. The summed E-state index contributed by atoms with van der Waals surface area (Å²) in [6.45, 7) is 1.40. The van der Waals surface area contributed by atoms with Gasteiger partial charge in [0.15, 0.2) is 6.10 Å². The first-order valence-electron chi connectivity index (χ1n) is 5.00. The Morgan fingerprint density at radius 3 is 2.69 bits per heavy atom. The highest BCUT2D eigenvalue weighted by molar-refractivity contribution is 5.85. The fourth-order valence-corrected chi connectivity index (χ4v) is 1.79. The van der Waals surface area contributed by atoms with Crippen LogP contribution in [0.4, 0.5) is 4.39 Å². The molecule has 3 nitrogen and oxygen atoms in total. The van der Waals surface area contributed by atoms with Crippen LogP contribution < -0.4 is 0 Å². The Balaban J connectivity index is 2.70. The number of aliphatic hydroxyl groups is 2. The number of benzene rings is 1. The number of hydrogen-bond acceptors (Lipinski definition) is 2. The van der Waals surface area contributed by atoms with Gasteiger partial charge in [0.05, 0.1) is 6.10 Å². The van der Waals surface area contributed by atoms with E-state index >= 15 is 0 Å². The van der Waals surface area contributed by atoms with Gasteiger partial charge in [0.2, 0.25) is 0 Å². The molecule has 0 aliphatic heterocycles. The van der Waals surface area contributed by atoms with Gasteiger partial charge >= 0.3 is 0 Å². The van der Waals surface area contributed by atoms with Crippen LogP contribution in [0.2, 0.25) is 0 Å². The number of hydrogen-bond donors (Lipinski definition) is 2. The Labute approximate surface area is 92.7 Å². The van der Waals surface area contributed by atoms with Gasteiger partial charge < -0.3 is 14.8 Å². The lowest BCUT2D eigenvalue weighted by Crippen LogP contribution is -2.16. The molecule has 1 heterocycles. The van der Waals surface area contributed by atoms with E-state index < -0.39 is 11.9 Å². The first-order valence-corrected chi connectivity index (χ1v) is 5.00. The highest BCUT2D eigenvalue weighted by Crippen LogP contribution is 2.28.